The first-order valence-corrected chi connectivity index (χ1v) is 11.0. The Hall–Kier alpha value is -1.76. The van der Waals surface area contributed by atoms with E-state index in [0.717, 1.165) is 23.4 Å². The Morgan fingerprint density at radius 2 is 1.78 bits per heavy atom. The summed E-state index contributed by atoms with van der Waals surface area (Å²) >= 11 is 12.1. The monoisotopic (exact) mass is 428 g/mol. The first kappa shape index (κ1) is 21.5. The van der Waals surface area contributed by atoms with Crippen molar-refractivity contribution in [3.05, 3.63) is 64.1 Å². The fourth-order valence-electron chi connectivity index (χ4n) is 2.62. The number of benzene rings is 2. The lowest BCUT2D eigenvalue weighted by Gasteiger charge is -2.24. The summed E-state index contributed by atoms with van der Waals surface area (Å²) in [6, 6.07) is 14.5. The molecule has 1 atom stereocenters. The molecule has 1 N–H and O–H groups in total. The Morgan fingerprint density at radius 3 is 2.41 bits per heavy atom. The second-order valence-corrected chi connectivity index (χ2v) is 9.03. The van der Waals surface area contributed by atoms with E-state index in [1.54, 1.807) is 12.1 Å². The Balaban J connectivity index is 2.03. The van der Waals surface area contributed by atoms with Crippen LogP contribution in [0.5, 0.6) is 0 Å². The van der Waals surface area contributed by atoms with Crippen molar-refractivity contribution in [3.63, 3.8) is 0 Å². The molecule has 0 saturated heterocycles. The molecule has 0 spiro atoms. The van der Waals surface area contributed by atoms with Gasteiger partial charge in [0.15, 0.2) is 0 Å². The number of amides is 1. The summed E-state index contributed by atoms with van der Waals surface area (Å²) in [6.45, 7) is 1.52. The molecule has 0 fully saturated rings. The van der Waals surface area contributed by atoms with E-state index in [1.165, 1.54) is 11.6 Å². The van der Waals surface area contributed by atoms with Gasteiger partial charge in [0.05, 0.1) is 22.0 Å². The van der Waals surface area contributed by atoms with Crippen LogP contribution in [0.15, 0.2) is 48.5 Å². The van der Waals surface area contributed by atoms with Gasteiger partial charge in [-0.15, -0.1) is 0 Å². The predicted octanol–water partition coefficient (Wildman–Crippen LogP) is 3.90. The molecule has 0 heterocycles. The molecule has 0 aromatic heterocycles. The molecule has 0 aliphatic heterocycles. The maximum Gasteiger partial charge on any atom is 0.240 e. The maximum absolute atomic E-state index is 12.4. The van der Waals surface area contributed by atoms with Crippen LogP contribution in [0.4, 0.5) is 5.69 Å². The van der Waals surface area contributed by atoms with Crippen LogP contribution in [-0.2, 0) is 21.2 Å². The number of aryl methyl sites for hydroxylation is 1. The molecule has 1 amide bonds. The van der Waals surface area contributed by atoms with Gasteiger partial charge in [-0.3, -0.25) is 9.10 Å². The quantitative estimate of drug-likeness (QED) is 0.692. The molecule has 8 heteroatoms. The van der Waals surface area contributed by atoms with Crippen LogP contribution in [0.1, 0.15) is 18.9 Å². The topological polar surface area (TPSA) is 66.5 Å². The van der Waals surface area contributed by atoms with E-state index in [-0.39, 0.29) is 28.3 Å². The number of halogens is 2. The number of nitrogens with one attached hydrogen (secondary N) is 1. The summed E-state index contributed by atoms with van der Waals surface area (Å²) in [6.07, 6.45) is 2.58. The average molecular weight is 429 g/mol. The molecule has 5 nitrogen and oxygen atoms in total. The first-order chi connectivity index (χ1) is 12.7. The maximum atomic E-state index is 12.4. The molecule has 2 rings (SSSR count). The van der Waals surface area contributed by atoms with E-state index >= 15 is 0 Å². The highest BCUT2D eigenvalue weighted by Gasteiger charge is 2.24. The third-order valence-electron chi connectivity index (χ3n) is 4.00. The molecule has 146 valence electrons. The zero-order chi connectivity index (χ0) is 20.0. The van der Waals surface area contributed by atoms with Gasteiger partial charge in [0.2, 0.25) is 15.9 Å². The summed E-state index contributed by atoms with van der Waals surface area (Å²) in [5.74, 6) is -0.406. The number of nitrogens with zero attached hydrogens (tertiary/aromatic N) is 1. The second-order valence-electron chi connectivity index (χ2n) is 6.34. The van der Waals surface area contributed by atoms with E-state index < -0.39 is 15.9 Å². The molecule has 0 aliphatic carbocycles. The fraction of sp³-hybridized carbons (Fsp3) is 0.316. The SMILES string of the molecule is C[C@@H](CCc1ccccc1)NC(=O)CN(c1cccc(Cl)c1Cl)S(C)(=O)=O. The van der Waals surface area contributed by atoms with Crippen molar-refractivity contribution in [1.29, 1.82) is 0 Å². The van der Waals surface area contributed by atoms with Crippen LogP contribution < -0.4 is 9.62 Å². The average Bonchev–Trinajstić information content (AvgIpc) is 2.60. The van der Waals surface area contributed by atoms with E-state index in [1.807, 2.05) is 37.3 Å². The predicted molar refractivity (Wildman–Crippen MR) is 111 cm³/mol. The standard InChI is InChI=1S/C19H22Cl2N2O3S/c1-14(11-12-15-7-4-3-5-8-15)22-18(24)13-23(27(2,25)26)17-10-6-9-16(20)19(17)21/h3-10,14H,11-13H2,1-2H3,(H,22,24)/t14-/m0/s1. The van der Waals surface area contributed by atoms with Crippen LogP contribution in [0.3, 0.4) is 0 Å². The second kappa shape index (κ2) is 9.44. The zero-order valence-electron chi connectivity index (χ0n) is 15.2. The number of anilines is 1. The number of carbonyl (C=O) groups is 1. The number of carbonyl (C=O) groups excluding carboxylic acids is 1. The van der Waals surface area contributed by atoms with Crippen molar-refractivity contribution >= 4 is 44.8 Å². The van der Waals surface area contributed by atoms with Crippen molar-refractivity contribution in [3.8, 4) is 0 Å². The van der Waals surface area contributed by atoms with Crippen molar-refractivity contribution in [1.82, 2.24) is 5.32 Å². The van der Waals surface area contributed by atoms with Gasteiger partial charge in [-0.25, -0.2) is 8.42 Å². The lowest BCUT2D eigenvalue weighted by Crippen LogP contribution is -2.43. The number of hydrogen-bond acceptors (Lipinski definition) is 3. The lowest BCUT2D eigenvalue weighted by atomic mass is 10.1. The van der Waals surface area contributed by atoms with Gasteiger partial charge >= 0.3 is 0 Å². The number of hydrogen-bond donors (Lipinski definition) is 1. The van der Waals surface area contributed by atoms with Crippen LogP contribution in [0.2, 0.25) is 10.0 Å². The van der Waals surface area contributed by atoms with Crippen molar-refractivity contribution in [2.45, 2.75) is 25.8 Å². The molecule has 2 aromatic carbocycles. The minimum atomic E-state index is -3.71. The van der Waals surface area contributed by atoms with Crippen molar-refractivity contribution in [2.75, 3.05) is 17.1 Å². The van der Waals surface area contributed by atoms with Crippen molar-refractivity contribution in [2.24, 2.45) is 0 Å². The van der Waals surface area contributed by atoms with Gasteiger partial charge in [-0.1, -0.05) is 59.6 Å². The van der Waals surface area contributed by atoms with Crippen molar-refractivity contribution < 1.29 is 13.2 Å². The molecule has 27 heavy (non-hydrogen) atoms. The van der Waals surface area contributed by atoms with Crippen LogP contribution >= 0.6 is 23.2 Å². The summed E-state index contributed by atoms with van der Waals surface area (Å²) in [5, 5.41) is 3.15. The number of rotatable bonds is 8. The minimum absolute atomic E-state index is 0.0921. The molecular weight excluding hydrogens is 407 g/mol. The Labute approximate surface area is 170 Å². The van der Waals surface area contributed by atoms with Gasteiger partial charge < -0.3 is 5.32 Å². The minimum Gasteiger partial charge on any atom is -0.352 e. The lowest BCUT2D eigenvalue weighted by molar-refractivity contribution is -0.120. The summed E-state index contributed by atoms with van der Waals surface area (Å²) in [4.78, 5) is 12.4. The highest BCUT2D eigenvalue weighted by molar-refractivity contribution is 7.92. The van der Waals surface area contributed by atoms with Gasteiger partial charge in [-0.05, 0) is 37.5 Å². The first-order valence-electron chi connectivity index (χ1n) is 8.43. The largest absolute Gasteiger partial charge is 0.352 e. The normalized spacial score (nSPS) is 12.4. The molecule has 0 radical (unpaired) electrons. The summed E-state index contributed by atoms with van der Waals surface area (Å²) in [7, 11) is -3.71. The highest BCUT2D eigenvalue weighted by Crippen LogP contribution is 2.33. The smallest absolute Gasteiger partial charge is 0.240 e. The summed E-state index contributed by atoms with van der Waals surface area (Å²) < 4.78 is 25.3. The highest BCUT2D eigenvalue weighted by atomic mass is 35.5. The fourth-order valence-corrected chi connectivity index (χ4v) is 3.93. The van der Waals surface area contributed by atoms with E-state index in [0.29, 0.717) is 0 Å². The molecule has 0 saturated carbocycles. The molecule has 0 bridgehead atoms. The van der Waals surface area contributed by atoms with Gasteiger partial charge in [0.25, 0.3) is 0 Å². The third-order valence-corrected chi connectivity index (χ3v) is 5.94. The Bertz CT molecular complexity index is 889. The van der Waals surface area contributed by atoms with Crippen LogP contribution in [-0.4, -0.2) is 33.2 Å². The zero-order valence-corrected chi connectivity index (χ0v) is 17.5. The van der Waals surface area contributed by atoms with Gasteiger partial charge in [-0.2, -0.15) is 0 Å². The van der Waals surface area contributed by atoms with Gasteiger partial charge in [0, 0.05) is 6.04 Å². The summed E-state index contributed by atoms with van der Waals surface area (Å²) in [5.41, 5.74) is 1.36. The van der Waals surface area contributed by atoms with E-state index in [9.17, 15) is 13.2 Å². The Morgan fingerprint density at radius 1 is 1.11 bits per heavy atom. The van der Waals surface area contributed by atoms with Crippen LogP contribution in [0, 0.1) is 0 Å². The molecule has 0 aliphatic rings. The number of sulfonamides is 1. The third kappa shape index (κ3) is 6.41. The van der Waals surface area contributed by atoms with Crippen LogP contribution in [0.25, 0.3) is 0 Å². The molecule has 0 unspecified atom stereocenters. The van der Waals surface area contributed by atoms with Gasteiger partial charge in [0.1, 0.15) is 6.54 Å². The van der Waals surface area contributed by atoms with E-state index in [2.05, 4.69) is 5.32 Å². The molecule has 2 aromatic rings. The van der Waals surface area contributed by atoms with E-state index in [4.69, 9.17) is 23.2 Å². The molecular formula is C19H22Cl2N2O3S. The Kier molecular flexibility index (Phi) is 7.53.